The van der Waals surface area contributed by atoms with E-state index in [2.05, 4.69) is 0 Å². The van der Waals surface area contributed by atoms with Crippen LogP contribution >= 0.6 is 0 Å². The summed E-state index contributed by atoms with van der Waals surface area (Å²) in [7, 11) is 0. The van der Waals surface area contributed by atoms with Crippen LogP contribution in [0.1, 0.15) is 11.1 Å². The van der Waals surface area contributed by atoms with Gasteiger partial charge in [0, 0.05) is 0 Å². The molecule has 2 aromatic carbocycles. The van der Waals surface area contributed by atoms with Gasteiger partial charge in [-0.2, -0.15) is 5.26 Å². The maximum absolute atomic E-state index is 11.9. The van der Waals surface area contributed by atoms with Crippen LogP contribution in [0.25, 0.3) is 0 Å². The molecule has 1 N–H and O–H groups in total. The Morgan fingerprint density at radius 1 is 0.913 bits per heavy atom. The van der Waals surface area contributed by atoms with Crippen LogP contribution in [-0.4, -0.2) is 11.1 Å². The second-order valence-corrected chi connectivity index (χ2v) is 4.63. The summed E-state index contributed by atoms with van der Waals surface area (Å²) in [5.74, 6) is -1.67. The van der Waals surface area contributed by atoms with E-state index in [1.54, 1.807) is 30.3 Å². The first-order chi connectivity index (χ1) is 11.2. The van der Waals surface area contributed by atoms with Crippen LogP contribution in [0.4, 0.5) is 0 Å². The van der Waals surface area contributed by atoms with Crippen LogP contribution in [-0.2, 0) is 27.5 Å². The zero-order valence-corrected chi connectivity index (χ0v) is 12.3. The maximum Gasteiger partial charge on any atom is 0.356 e. The molecular weight excluding hydrogens is 294 g/mol. The highest BCUT2D eigenvalue weighted by Gasteiger charge is 2.18. The van der Waals surface area contributed by atoms with E-state index >= 15 is 0 Å². The molecule has 23 heavy (non-hydrogen) atoms. The number of hydrogen-bond donors (Lipinski definition) is 1. The molecule has 116 valence electrons. The molecule has 0 heterocycles. The number of benzene rings is 2. The minimum absolute atomic E-state index is 0.0107. The predicted octanol–water partition coefficient (Wildman–Crippen LogP) is 3.24. The zero-order valence-electron chi connectivity index (χ0n) is 12.3. The summed E-state index contributed by atoms with van der Waals surface area (Å²) in [6, 6.07) is 19.7. The van der Waals surface area contributed by atoms with Crippen molar-refractivity contribution in [2.45, 2.75) is 13.2 Å². The highest BCUT2D eigenvalue weighted by Crippen LogP contribution is 2.10. The summed E-state index contributed by atoms with van der Waals surface area (Å²) in [6.45, 7) is 0.0562. The first kappa shape index (κ1) is 16.1. The zero-order chi connectivity index (χ0) is 16.5. The fourth-order valence-corrected chi connectivity index (χ4v) is 1.77. The number of nitrogens with zero attached hydrogens (tertiary/aromatic N) is 1. The van der Waals surface area contributed by atoms with Gasteiger partial charge in [-0.15, -0.1) is 0 Å². The van der Waals surface area contributed by atoms with Crippen molar-refractivity contribution in [3.05, 3.63) is 83.3 Å². The third kappa shape index (κ3) is 4.90. The third-order valence-electron chi connectivity index (χ3n) is 2.96. The second-order valence-electron chi connectivity index (χ2n) is 4.63. The Bertz CT molecular complexity index is 718. The Hall–Kier alpha value is -3.26. The smallest absolute Gasteiger partial charge is 0.356 e. The molecule has 0 aromatic heterocycles. The summed E-state index contributed by atoms with van der Waals surface area (Å²) in [5.41, 5.74) is 1.02. The van der Waals surface area contributed by atoms with E-state index < -0.39 is 17.5 Å². The highest BCUT2D eigenvalue weighted by molar-refractivity contribution is 5.92. The van der Waals surface area contributed by atoms with Gasteiger partial charge in [-0.05, 0) is 11.1 Å². The lowest BCUT2D eigenvalue weighted by molar-refractivity contribution is -0.140. The fraction of sp³-hybridized carbons (Fsp3) is 0.111. The Morgan fingerprint density at radius 3 is 1.87 bits per heavy atom. The van der Waals surface area contributed by atoms with Crippen molar-refractivity contribution in [3.8, 4) is 6.07 Å². The van der Waals surface area contributed by atoms with Crippen molar-refractivity contribution in [1.82, 2.24) is 0 Å². The number of rotatable bonds is 6. The molecule has 0 saturated heterocycles. The average Bonchev–Trinajstić information content (AvgIpc) is 2.60. The summed E-state index contributed by atoms with van der Waals surface area (Å²) in [5, 5.41) is 18.8. The van der Waals surface area contributed by atoms with E-state index in [9.17, 15) is 9.90 Å². The van der Waals surface area contributed by atoms with Crippen LogP contribution in [0, 0.1) is 11.3 Å². The van der Waals surface area contributed by atoms with Crippen molar-refractivity contribution in [1.29, 1.82) is 5.26 Å². The van der Waals surface area contributed by atoms with Crippen LogP contribution < -0.4 is 0 Å². The Labute approximate surface area is 134 Å². The first-order valence-electron chi connectivity index (χ1n) is 6.92. The molecule has 0 unspecified atom stereocenters. The van der Waals surface area contributed by atoms with Crippen LogP contribution in [0.3, 0.4) is 0 Å². The quantitative estimate of drug-likeness (QED) is 0.383. The van der Waals surface area contributed by atoms with Gasteiger partial charge in [0.25, 0.3) is 0 Å². The minimum Gasteiger partial charge on any atom is -0.480 e. The van der Waals surface area contributed by atoms with Crippen LogP contribution in [0.5, 0.6) is 0 Å². The van der Waals surface area contributed by atoms with Gasteiger partial charge in [0.05, 0.1) is 0 Å². The van der Waals surface area contributed by atoms with Gasteiger partial charge in [0.15, 0.2) is 0 Å². The van der Waals surface area contributed by atoms with E-state index in [1.165, 1.54) is 0 Å². The van der Waals surface area contributed by atoms with Crippen molar-refractivity contribution in [2.24, 2.45) is 0 Å². The molecule has 0 aliphatic carbocycles. The average molecular weight is 309 g/mol. The largest absolute Gasteiger partial charge is 0.480 e. The Balaban J connectivity index is 1.96. The topological polar surface area (TPSA) is 79.6 Å². The molecule has 5 nitrogen and oxygen atoms in total. The lowest BCUT2D eigenvalue weighted by Crippen LogP contribution is -2.10. The molecule has 0 spiro atoms. The number of hydrogen-bond acceptors (Lipinski definition) is 5. The van der Waals surface area contributed by atoms with Crippen LogP contribution in [0.2, 0.25) is 0 Å². The predicted molar refractivity (Wildman–Crippen MR) is 82.7 cm³/mol. The fourth-order valence-electron chi connectivity index (χ4n) is 1.77. The van der Waals surface area contributed by atoms with Crippen molar-refractivity contribution in [2.75, 3.05) is 0 Å². The monoisotopic (exact) mass is 309 g/mol. The summed E-state index contributed by atoms with van der Waals surface area (Å²) in [6.07, 6.45) is 0. The highest BCUT2D eigenvalue weighted by atomic mass is 16.6. The molecule has 0 amide bonds. The van der Waals surface area contributed by atoms with Crippen LogP contribution in [0.15, 0.2) is 72.2 Å². The number of esters is 1. The van der Waals surface area contributed by atoms with Crippen molar-refractivity contribution < 1.29 is 19.4 Å². The number of aliphatic hydroxyl groups excluding tert-OH is 1. The van der Waals surface area contributed by atoms with Gasteiger partial charge in [-0.25, -0.2) is 4.79 Å². The first-order valence-corrected chi connectivity index (χ1v) is 6.92. The molecule has 0 saturated carbocycles. The number of carbonyl (C=O) groups excluding carboxylic acids is 1. The number of ether oxygens (including phenoxy) is 2. The molecule has 0 atom stereocenters. The molecule has 5 heteroatoms. The van der Waals surface area contributed by atoms with E-state index in [0.29, 0.717) is 0 Å². The molecule has 0 bridgehead atoms. The number of aliphatic hydroxyl groups is 1. The van der Waals surface area contributed by atoms with Gasteiger partial charge in [0.2, 0.25) is 5.57 Å². The number of nitriles is 1. The van der Waals surface area contributed by atoms with E-state index in [-0.39, 0.29) is 13.2 Å². The Kier molecular flexibility index (Phi) is 5.78. The molecular formula is C18H15NO4. The molecule has 0 aliphatic heterocycles. The van der Waals surface area contributed by atoms with Gasteiger partial charge in [-0.1, -0.05) is 60.7 Å². The summed E-state index contributed by atoms with van der Waals surface area (Å²) < 4.78 is 10.1. The van der Waals surface area contributed by atoms with Gasteiger partial charge in [-0.3, -0.25) is 0 Å². The lowest BCUT2D eigenvalue weighted by Gasteiger charge is -2.07. The lowest BCUT2D eigenvalue weighted by atomic mass is 10.2. The molecule has 0 radical (unpaired) electrons. The summed E-state index contributed by atoms with van der Waals surface area (Å²) in [4.78, 5) is 11.9. The van der Waals surface area contributed by atoms with Crippen molar-refractivity contribution in [3.63, 3.8) is 0 Å². The molecule has 0 aliphatic rings. The van der Waals surface area contributed by atoms with Gasteiger partial charge < -0.3 is 14.6 Å². The standard InChI is InChI=1S/C18H15NO4/c19-11-16(17(20)22-12-14-7-3-1-4-8-14)18(21)23-13-15-9-5-2-6-10-15/h1-10,20H,12-13H2. The molecule has 2 rings (SSSR count). The van der Waals surface area contributed by atoms with E-state index in [1.807, 2.05) is 36.4 Å². The Morgan fingerprint density at radius 2 is 1.39 bits per heavy atom. The van der Waals surface area contributed by atoms with E-state index in [0.717, 1.165) is 11.1 Å². The third-order valence-corrected chi connectivity index (χ3v) is 2.96. The van der Waals surface area contributed by atoms with E-state index in [4.69, 9.17) is 14.7 Å². The summed E-state index contributed by atoms with van der Waals surface area (Å²) >= 11 is 0. The SMILES string of the molecule is N#CC(C(=O)OCc1ccccc1)=C(O)OCc1ccccc1. The second kappa shape index (κ2) is 8.25. The minimum atomic E-state index is -0.929. The molecule has 2 aromatic rings. The number of carbonyl (C=O) groups is 1. The normalized spacial score (nSPS) is 11.1. The maximum atomic E-state index is 11.9. The molecule has 0 fully saturated rings. The van der Waals surface area contributed by atoms with Gasteiger partial charge in [0.1, 0.15) is 19.3 Å². The van der Waals surface area contributed by atoms with Crippen molar-refractivity contribution >= 4 is 5.97 Å². The van der Waals surface area contributed by atoms with Gasteiger partial charge >= 0.3 is 11.9 Å².